The Morgan fingerprint density at radius 2 is 2.26 bits per heavy atom. The standard InChI is InChI=1S/C14H25ClN4/c1-5-16-8-6-7-12(2)14-13(15)11-17-19(14)10-9-18(3)4/h7,11,16H,5-6,8-10H2,1-4H3/b12-7-. The van der Waals surface area contributed by atoms with E-state index in [0.29, 0.717) is 0 Å². The molecule has 5 heteroatoms. The highest BCUT2D eigenvalue weighted by atomic mass is 35.5. The van der Waals surface area contributed by atoms with Crippen LogP contribution in [-0.4, -0.2) is 48.4 Å². The molecule has 108 valence electrons. The van der Waals surface area contributed by atoms with Gasteiger partial charge in [-0.25, -0.2) is 0 Å². The number of aromatic nitrogens is 2. The number of nitrogens with one attached hydrogen (secondary N) is 1. The van der Waals surface area contributed by atoms with Gasteiger partial charge in [0.2, 0.25) is 0 Å². The van der Waals surface area contributed by atoms with Crippen molar-refractivity contribution >= 4 is 17.2 Å². The molecule has 0 saturated heterocycles. The summed E-state index contributed by atoms with van der Waals surface area (Å²) >= 11 is 6.24. The zero-order valence-corrected chi connectivity index (χ0v) is 13.2. The van der Waals surface area contributed by atoms with Crippen LogP contribution in [0.25, 0.3) is 5.57 Å². The van der Waals surface area contributed by atoms with Crippen LogP contribution < -0.4 is 5.32 Å². The molecule has 1 aromatic heterocycles. The van der Waals surface area contributed by atoms with Gasteiger partial charge < -0.3 is 10.2 Å². The summed E-state index contributed by atoms with van der Waals surface area (Å²) in [4.78, 5) is 2.14. The van der Waals surface area contributed by atoms with E-state index < -0.39 is 0 Å². The van der Waals surface area contributed by atoms with Gasteiger partial charge in [0.25, 0.3) is 0 Å². The molecular weight excluding hydrogens is 260 g/mol. The Labute approximate surface area is 121 Å². The van der Waals surface area contributed by atoms with Gasteiger partial charge in [0.1, 0.15) is 0 Å². The first-order chi connectivity index (χ1) is 9.06. The fraction of sp³-hybridized carbons (Fsp3) is 0.643. The van der Waals surface area contributed by atoms with Crippen LogP contribution in [0.4, 0.5) is 0 Å². The van der Waals surface area contributed by atoms with E-state index in [4.69, 9.17) is 11.6 Å². The number of likely N-dealkylation sites (N-methyl/N-ethyl adjacent to an activating group) is 1. The maximum Gasteiger partial charge on any atom is 0.0862 e. The second-order valence-corrected chi connectivity index (χ2v) is 5.30. The fourth-order valence-electron chi connectivity index (χ4n) is 1.88. The van der Waals surface area contributed by atoms with E-state index in [1.165, 1.54) is 5.57 Å². The lowest BCUT2D eigenvalue weighted by molar-refractivity contribution is 0.372. The Morgan fingerprint density at radius 1 is 1.53 bits per heavy atom. The Hall–Kier alpha value is -0.840. The summed E-state index contributed by atoms with van der Waals surface area (Å²) in [5.41, 5.74) is 2.24. The summed E-state index contributed by atoms with van der Waals surface area (Å²) in [6.07, 6.45) is 4.96. The minimum Gasteiger partial charge on any atom is -0.317 e. The first-order valence-electron chi connectivity index (χ1n) is 6.80. The van der Waals surface area contributed by atoms with Crippen LogP contribution in [0.5, 0.6) is 0 Å². The third-order valence-corrected chi connectivity index (χ3v) is 3.23. The molecule has 0 unspecified atom stereocenters. The van der Waals surface area contributed by atoms with Crippen LogP contribution in [0.1, 0.15) is 26.0 Å². The molecule has 0 aliphatic heterocycles. The summed E-state index contributed by atoms with van der Waals surface area (Å²) in [6.45, 7) is 8.03. The van der Waals surface area contributed by atoms with E-state index in [2.05, 4.69) is 49.3 Å². The molecule has 0 fully saturated rings. The highest BCUT2D eigenvalue weighted by molar-refractivity contribution is 6.32. The van der Waals surface area contributed by atoms with Gasteiger partial charge in [-0.05, 0) is 46.1 Å². The van der Waals surface area contributed by atoms with Crippen molar-refractivity contribution in [2.24, 2.45) is 0 Å². The molecule has 0 spiro atoms. The van der Waals surface area contributed by atoms with Gasteiger partial charge in [0.05, 0.1) is 23.5 Å². The lowest BCUT2D eigenvalue weighted by Crippen LogP contribution is -2.20. The molecule has 0 atom stereocenters. The first-order valence-corrected chi connectivity index (χ1v) is 7.18. The number of hydrogen-bond donors (Lipinski definition) is 1. The number of halogens is 1. The molecule has 0 aliphatic rings. The lowest BCUT2D eigenvalue weighted by Gasteiger charge is -2.12. The van der Waals surface area contributed by atoms with Crippen LogP contribution in [0.15, 0.2) is 12.3 Å². The van der Waals surface area contributed by atoms with Crippen molar-refractivity contribution in [2.45, 2.75) is 26.8 Å². The van der Waals surface area contributed by atoms with Crippen molar-refractivity contribution in [3.05, 3.63) is 23.0 Å². The van der Waals surface area contributed by atoms with Crippen LogP contribution >= 0.6 is 11.6 Å². The number of allylic oxidation sites excluding steroid dienone is 1. The summed E-state index contributed by atoms with van der Waals surface area (Å²) in [6, 6.07) is 0. The van der Waals surface area contributed by atoms with Crippen LogP contribution in [0.3, 0.4) is 0 Å². The Morgan fingerprint density at radius 3 is 2.89 bits per heavy atom. The quantitative estimate of drug-likeness (QED) is 0.745. The van der Waals surface area contributed by atoms with Crippen molar-refractivity contribution < 1.29 is 0 Å². The van der Waals surface area contributed by atoms with E-state index in [-0.39, 0.29) is 0 Å². The zero-order valence-electron chi connectivity index (χ0n) is 12.4. The smallest absolute Gasteiger partial charge is 0.0862 e. The summed E-state index contributed by atoms with van der Waals surface area (Å²) in [5.74, 6) is 0. The largest absolute Gasteiger partial charge is 0.317 e. The van der Waals surface area contributed by atoms with E-state index in [1.54, 1.807) is 6.20 Å². The van der Waals surface area contributed by atoms with Crippen molar-refractivity contribution in [1.82, 2.24) is 20.0 Å². The van der Waals surface area contributed by atoms with E-state index in [9.17, 15) is 0 Å². The second-order valence-electron chi connectivity index (χ2n) is 4.90. The predicted octanol–water partition coefficient (Wildman–Crippen LogP) is 2.50. The average molecular weight is 285 g/mol. The first kappa shape index (κ1) is 16.2. The average Bonchev–Trinajstić information content (AvgIpc) is 2.73. The Kier molecular flexibility index (Phi) is 7.13. The molecule has 1 rings (SSSR count). The van der Waals surface area contributed by atoms with E-state index in [0.717, 1.165) is 43.3 Å². The van der Waals surface area contributed by atoms with Crippen molar-refractivity contribution in [1.29, 1.82) is 0 Å². The molecule has 4 nitrogen and oxygen atoms in total. The molecule has 1 heterocycles. The molecule has 0 radical (unpaired) electrons. The van der Waals surface area contributed by atoms with Gasteiger partial charge in [-0.1, -0.05) is 24.6 Å². The van der Waals surface area contributed by atoms with Gasteiger partial charge in [-0.3, -0.25) is 4.68 Å². The van der Waals surface area contributed by atoms with Crippen molar-refractivity contribution in [3.63, 3.8) is 0 Å². The molecule has 0 aliphatic carbocycles. The predicted molar refractivity (Wildman–Crippen MR) is 82.6 cm³/mol. The molecule has 1 N–H and O–H groups in total. The molecule has 0 bridgehead atoms. The fourth-order valence-corrected chi connectivity index (χ4v) is 2.17. The molecular formula is C14H25ClN4. The minimum atomic E-state index is 0.732. The summed E-state index contributed by atoms with van der Waals surface area (Å²) in [7, 11) is 4.12. The normalized spacial score (nSPS) is 12.4. The molecule has 19 heavy (non-hydrogen) atoms. The molecule has 1 aromatic rings. The Balaban J connectivity index is 2.71. The van der Waals surface area contributed by atoms with Gasteiger partial charge in [-0.15, -0.1) is 0 Å². The number of hydrogen-bond acceptors (Lipinski definition) is 3. The monoisotopic (exact) mass is 284 g/mol. The van der Waals surface area contributed by atoms with Crippen molar-refractivity contribution in [2.75, 3.05) is 33.7 Å². The van der Waals surface area contributed by atoms with Crippen LogP contribution in [0, 0.1) is 0 Å². The maximum absolute atomic E-state index is 6.24. The molecule has 0 amide bonds. The lowest BCUT2D eigenvalue weighted by atomic mass is 10.2. The topological polar surface area (TPSA) is 33.1 Å². The molecule has 0 saturated carbocycles. The van der Waals surface area contributed by atoms with E-state index in [1.807, 2.05) is 4.68 Å². The van der Waals surface area contributed by atoms with E-state index >= 15 is 0 Å². The number of nitrogens with zero attached hydrogens (tertiary/aromatic N) is 3. The minimum absolute atomic E-state index is 0.732. The van der Waals surface area contributed by atoms with Gasteiger partial charge in [0, 0.05) is 6.54 Å². The third kappa shape index (κ3) is 5.35. The van der Waals surface area contributed by atoms with Gasteiger partial charge in [0.15, 0.2) is 0 Å². The SMILES string of the molecule is CCNCC/C=C(/C)c1c(Cl)cnn1CCN(C)C. The zero-order chi connectivity index (χ0) is 14.3. The Bertz CT molecular complexity index is 410. The van der Waals surface area contributed by atoms with Crippen molar-refractivity contribution in [3.8, 4) is 0 Å². The third-order valence-electron chi connectivity index (χ3n) is 2.95. The van der Waals surface area contributed by atoms with Gasteiger partial charge >= 0.3 is 0 Å². The maximum atomic E-state index is 6.24. The number of rotatable bonds is 8. The van der Waals surface area contributed by atoms with Crippen LogP contribution in [0.2, 0.25) is 5.02 Å². The second kappa shape index (κ2) is 8.35. The van der Waals surface area contributed by atoms with Gasteiger partial charge in [-0.2, -0.15) is 5.10 Å². The van der Waals surface area contributed by atoms with Crippen LogP contribution in [-0.2, 0) is 6.54 Å². The summed E-state index contributed by atoms with van der Waals surface area (Å²) < 4.78 is 1.99. The highest BCUT2D eigenvalue weighted by Crippen LogP contribution is 2.23. The highest BCUT2D eigenvalue weighted by Gasteiger charge is 2.10. The molecule has 0 aromatic carbocycles. The summed E-state index contributed by atoms with van der Waals surface area (Å²) in [5, 5.41) is 8.40.